The molecule has 0 saturated heterocycles. The minimum Gasteiger partial charge on any atom is -0.468 e. The van der Waals surface area contributed by atoms with Crippen LogP contribution < -0.4 is 26.4 Å². The van der Waals surface area contributed by atoms with Gasteiger partial charge in [0.25, 0.3) is 6.71 Å². The first kappa shape index (κ1) is 45.7. The van der Waals surface area contributed by atoms with Crippen molar-refractivity contribution in [1.29, 1.82) is 0 Å². The predicted molar refractivity (Wildman–Crippen MR) is 300 cm³/mol. The minimum absolute atomic E-state index is 0.0133. The van der Waals surface area contributed by atoms with Gasteiger partial charge in [0, 0.05) is 39.0 Å². The topological polar surface area (TPSA) is 32.8 Å². The van der Waals surface area contributed by atoms with Gasteiger partial charge in [-0.15, -0.1) is 0 Å². The zero-order valence-electron chi connectivity index (χ0n) is 44.0. The molecule has 7 aromatic carbocycles. The van der Waals surface area contributed by atoms with E-state index in [1.807, 2.05) is 12.3 Å². The van der Waals surface area contributed by atoms with Gasteiger partial charge in [0.05, 0.1) is 29.0 Å². The van der Waals surface area contributed by atoms with Gasteiger partial charge in [-0.05, 0) is 146 Å². The van der Waals surface area contributed by atoms with Crippen LogP contribution in [0, 0.1) is 20.8 Å². The normalized spacial score (nSPS) is 13.8. The van der Waals surface area contributed by atoms with Crippen LogP contribution in [0.15, 0.2) is 142 Å². The number of anilines is 6. The average Bonchev–Trinajstić information content (AvgIpc) is 3.90. The molecule has 0 fully saturated rings. The summed E-state index contributed by atoms with van der Waals surface area (Å²) < 4.78 is 13.8. The fourth-order valence-corrected chi connectivity index (χ4v) is 11.3. The van der Waals surface area contributed by atoms with Gasteiger partial charge in [0.2, 0.25) is 0 Å². The second-order valence-electron chi connectivity index (χ2n) is 24.5. The standard InChI is InChI=1S/C65H67BN2O2/c1-38-29-44(63(7,8)9)30-39(2)58(38)68-54-36-46(65(13,14)15)35-53-57(54)66(61-60(68)49-33-43(62(4,5)6)26-28-56(49)70-61)51-32-42(50-37-69-55-24-20-19-23-47(50)55)25-27-52(51)67(53)59-40(3)31-45(64(10,11)12)34-48(59)41-21-17-16-18-22-41/h16-37H,1-15H3. The number of hydrogen-bond donors (Lipinski definition) is 0. The molecule has 4 nitrogen and oxygen atoms in total. The summed E-state index contributed by atoms with van der Waals surface area (Å²) in [4.78, 5) is 5.23. The number of nitrogens with zero attached hydrogens (tertiary/aromatic N) is 2. The van der Waals surface area contributed by atoms with E-state index in [2.05, 4.69) is 235 Å². The van der Waals surface area contributed by atoms with E-state index in [1.165, 1.54) is 83.7 Å². The number of rotatable bonds is 4. The first-order valence-corrected chi connectivity index (χ1v) is 25.3. The highest BCUT2D eigenvalue weighted by molar-refractivity contribution is 7.00. The van der Waals surface area contributed by atoms with Crippen LogP contribution in [-0.4, -0.2) is 6.71 Å². The van der Waals surface area contributed by atoms with Gasteiger partial charge >= 0.3 is 0 Å². The number of benzene rings is 7. The van der Waals surface area contributed by atoms with Crippen LogP contribution in [0.4, 0.5) is 34.1 Å². The van der Waals surface area contributed by atoms with Gasteiger partial charge in [-0.25, -0.2) is 0 Å². The van der Waals surface area contributed by atoms with Gasteiger partial charge in [-0.1, -0.05) is 168 Å². The molecule has 4 heterocycles. The maximum Gasteiger partial charge on any atom is 0.297 e. The summed E-state index contributed by atoms with van der Waals surface area (Å²) in [5, 5.41) is 2.24. The van der Waals surface area contributed by atoms with E-state index >= 15 is 0 Å². The van der Waals surface area contributed by atoms with Crippen molar-refractivity contribution in [3.8, 4) is 22.3 Å². The molecular formula is C65H67BN2O2. The molecule has 0 bridgehead atoms. The highest BCUT2D eigenvalue weighted by atomic mass is 16.3. The Bertz CT molecular complexity index is 3560. The highest BCUT2D eigenvalue weighted by Gasteiger charge is 2.48. The number of furan rings is 2. The lowest BCUT2D eigenvalue weighted by Gasteiger charge is -2.45. The van der Waals surface area contributed by atoms with Crippen molar-refractivity contribution in [1.82, 2.24) is 0 Å². The summed E-state index contributed by atoms with van der Waals surface area (Å²) in [6.07, 6.45) is 1.93. The summed E-state index contributed by atoms with van der Waals surface area (Å²) in [6.45, 7) is 34.6. The molecule has 2 aliphatic rings. The Morgan fingerprint density at radius 1 is 0.414 bits per heavy atom. The molecule has 0 spiro atoms. The van der Waals surface area contributed by atoms with Gasteiger partial charge in [-0.2, -0.15) is 0 Å². The lowest BCUT2D eigenvalue weighted by Crippen LogP contribution is -2.61. The van der Waals surface area contributed by atoms with E-state index in [0.29, 0.717) is 0 Å². The molecule has 0 radical (unpaired) electrons. The van der Waals surface area contributed by atoms with Crippen LogP contribution in [-0.2, 0) is 21.7 Å². The fraction of sp³-hybridized carbons (Fsp3) is 0.292. The van der Waals surface area contributed by atoms with Crippen molar-refractivity contribution in [3.05, 3.63) is 173 Å². The first-order valence-electron chi connectivity index (χ1n) is 25.3. The summed E-state index contributed by atoms with van der Waals surface area (Å²) >= 11 is 0. The molecule has 0 unspecified atom stereocenters. The molecule has 0 atom stereocenters. The number of fused-ring (bicyclic) bond motifs is 7. The van der Waals surface area contributed by atoms with E-state index in [0.717, 1.165) is 50.1 Å². The molecule has 9 aromatic rings. The molecule has 0 N–H and O–H groups in total. The van der Waals surface area contributed by atoms with Crippen LogP contribution >= 0.6 is 0 Å². The Kier molecular flexibility index (Phi) is 10.2. The third-order valence-corrected chi connectivity index (χ3v) is 15.2. The molecule has 70 heavy (non-hydrogen) atoms. The SMILES string of the molecule is Cc1cc(C(C)(C)C)cc(C)c1N1c2cc(C(C)(C)C)cc3c2B(c2cc(-c4coc5ccccc45)ccc2N3c2c(C)cc(C(C)(C)C)cc2-c2ccccc2)c2oc3ccc(C(C)(C)C)cc3c21. The molecule has 5 heteroatoms. The van der Waals surface area contributed by atoms with Crippen LogP contribution in [0.3, 0.4) is 0 Å². The molecule has 0 aliphatic carbocycles. The Hall–Kier alpha value is -6.72. The lowest BCUT2D eigenvalue weighted by molar-refractivity contribution is 0.589. The van der Waals surface area contributed by atoms with E-state index < -0.39 is 0 Å². The van der Waals surface area contributed by atoms with Gasteiger partial charge in [-0.3, -0.25) is 0 Å². The van der Waals surface area contributed by atoms with Crippen LogP contribution in [0.25, 0.3) is 44.2 Å². The Labute approximate surface area is 416 Å². The predicted octanol–water partition coefficient (Wildman–Crippen LogP) is 16.7. The average molecular weight is 919 g/mol. The number of aryl methyl sites for hydroxylation is 3. The summed E-state index contributed by atoms with van der Waals surface area (Å²) in [5.74, 6) is 0. The van der Waals surface area contributed by atoms with Crippen molar-refractivity contribution in [2.45, 2.75) is 126 Å². The fourth-order valence-electron chi connectivity index (χ4n) is 11.3. The summed E-state index contributed by atoms with van der Waals surface area (Å²) in [5.41, 5.74) is 25.4. The molecule has 11 rings (SSSR count). The Morgan fingerprint density at radius 3 is 1.63 bits per heavy atom. The van der Waals surface area contributed by atoms with Crippen LogP contribution in [0.1, 0.15) is 122 Å². The second kappa shape index (κ2) is 15.6. The summed E-state index contributed by atoms with van der Waals surface area (Å²) in [6, 6.07) is 48.1. The Balaban J connectivity index is 1.32. The summed E-state index contributed by atoms with van der Waals surface area (Å²) in [7, 11) is 0. The quantitative estimate of drug-likeness (QED) is 0.165. The largest absolute Gasteiger partial charge is 0.468 e. The monoisotopic (exact) mass is 919 g/mol. The van der Waals surface area contributed by atoms with E-state index in [9.17, 15) is 0 Å². The third kappa shape index (κ3) is 7.25. The van der Waals surface area contributed by atoms with Gasteiger partial charge < -0.3 is 18.6 Å². The molecule has 2 aliphatic heterocycles. The molecule has 2 aromatic heterocycles. The van der Waals surface area contributed by atoms with Gasteiger partial charge in [0.15, 0.2) is 0 Å². The van der Waals surface area contributed by atoms with E-state index in [1.54, 1.807) is 0 Å². The molecule has 352 valence electrons. The zero-order chi connectivity index (χ0) is 49.6. The lowest BCUT2D eigenvalue weighted by atomic mass is 9.35. The second-order valence-corrected chi connectivity index (χ2v) is 24.5. The van der Waals surface area contributed by atoms with Crippen molar-refractivity contribution in [2.75, 3.05) is 9.80 Å². The highest BCUT2D eigenvalue weighted by Crippen LogP contribution is 2.53. The van der Waals surface area contributed by atoms with Crippen LogP contribution in [0.2, 0.25) is 0 Å². The van der Waals surface area contributed by atoms with Crippen molar-refractivity contribution in [3.63, 3.8) is 0 Å². The molecular weight excluding hydrogens is 852 g/mol. The molecule has 0 amide bonds. The van der Waals surface area contributed by atoms with Gasteiger partial charge in [0.1, 0.15) is 11.2 Å². The maximum absolute atomic E-state index is 7.50. The van der Waals surface area contributed by atoms with E-state index in [4.69, 9.17) is 8.83 Å². The Morgan fingerprint density at radius 2 is 0.986 bits per heavy atom. The smallest absolute Gasteiger partial charge is 0.297 e. The third-order valence-electron chi connectivity index (χ3n) is 15.2. The number of para-hydroxylation sites is 1. The van der Waals surface area contributed by atoms with E-state index in [-0.39, 0.29) is 28.4 Å². The molecule has 0 saturated carbocycles. The zero-order valence-corrected chi connectivity index (χ0v) is 44.0. The van der Waals surface area contributed by atoms with Crippen molar-refractivity contribution in [2.24, 2.45) is 0 Å². The van der Waals surface area contributed by atoms with Crippen molar-refractivity contribution >= 4 is 79.4 Å². The maximum atomic E-state index is 7.50. The van der Waals surface area contributed by atoms with Crippen LogP contribution in [0.5, 0.6) is 0 Å². The number of hydrogen-bond acceptors (Lipinski definition) is 4. The van der Waals surface area contributed by atoms with Crippen molar-refractivity contribution < 1.29 is 8.83 Å². The minimum atomic E-state index is -0.232. The first-order chi connectivity index (χ1) is 33.0.